The summed E-state index contributed by atoms with van der Waals surface area (Å²) < 4.78 is 46.0. The molecule has 1 heterocycles. The summed E-state index contributed by atoms with van der Waals surface area (Å²) in [6.45, 7) is 0.438. The van der Waals surface area contributed by atoms with Gasteiger partial charge in [0.05, 0.1) is 12.0 Å². The van der Waals surface area contributed by atoms with Crippen molar-refractivity contribution < 1.29 is 37.3 Å². The maximum Gasteiger partial charge on any atom is 0.573 e. The third-order valence-corrected chi connectivity index (χ3v) is 5.44. The van der Waals surface area contributed by atoms with Gasteiger partial charge in [0.25, 0.3) is 0 Å². The van der Waals surface area contributed by atoms with Gasteiger partial charge in [0.15, 0.2) is 0 Å². The topological polar surface area (TPSA) is 88.1 Å². The molecule has 7 nitrogen and oxygen atoms in total. The summed E-state index contributed by atoms with van der Waals surface area (Å²) in [6.07, 6.45) is -2.69. The molecule has 1 aromatic carbocycles. The van der Waals surface area contributed by atoms with E-state index in [1.165, 1.54) is 24.3 Å². The average Bonchev–Trinajstić information content (AvgIpc) is 2.98. The quantitative estimate of drug-likeness (QED) is 0.771. The fourth-order valence-electron chi connectivity index (χ4n) is 3.97. The molecule has 3 rings (SSSR count). The van der Waals surface area contributed by atoms with Crippen molar-refractivity contribution in [2.24, 2.45) is 5.41 Å². The predicted molar refractivity (Wildman–Crippen MR) is 96.4 cm³/mol. The first-order valence-corrected chi connectivity index (χ1v) is 9.46. The molecule has 2 fully saturated rings. The second kappa shape index (κ2) is 8.48. The molecule has 29 heavy (non-hydrogen) atoms. The largest absolute Gasteiger partial charge is 0.573 e. The normalized spacial score (nSPS) is 24.6. The lowest BCUT2D eigenvalue weighted by Crippen LogP contribution is -2.40. The van der Waals surface area contributed by atoms with E-state index in [-0.39, 0.29) is 30.9 Å². The molecule has 1 aliphatic heterocycles. The Morgan fingerprint density at radius 1 is 1.21 bits per heavy atom. The number of nitrogens with zero attached hydrogens (tertiary/aromatic N) is 1. The molecule has 160 valence electrons. The number of ether oxygens (including phenoxy) is 2. The number of hydrogen-bond acceptors (Lipinski definition) is 5. The molecule has 1 spiro atoms. The maximum atomic E-state index is 13.0. The monoisotopic (exact) mass is 416 g/mol. The van der Waals surface area contributed by atoms with Crippen LogP contribution < -0.4 is 15.0 Å². The molecule has 0 radical (unpaired) electrons. The number of hydrogen-bond donors (Lipinski definition) is 2. The van der Waals surface area contributed by atoms with Crippen LogP contribution in [0.1, 0.15) is 32.1 Å². The van der Waals surface area contributed by atoms with Gasteiger partial charge < -0.3 is 24.8 Å². The number of carbonyl (C=O) groups excluding carboxylic acids is 2. The van der Waals surface area contributed by atoms with Gasteiger partial charge in [-0.1, -0.05) is 0 Å². The molecule has 0 unspecified atom stereocenters. The van der Waals surface area contributed by atoms with Gasteiger partial charge in [-0.3, -0.25) is 4.79 Å². The predicted octanol–water partition coefficient (Wildman–Crippen LogP) is 2.97. The Morgan fingerprint density at radius 2 is 1.86 bits per heavy atom. The zero-order valence-corrected chi connectivity index (χ0v) is 15.7. The van der Waals surface area contributed by atoms with Gasteiger partial charge in [-0.15, -0.1) is 13.2 Å². The minimum Gasteiger partial charge on any atom is -0.446 e. The third-order valence-electron chi connectivity index (χ3n) is 5.44. The highest BCUT2D eigenvalue weighted by molar-refractivity contribution is 6.00. The summed E-state index contributed by atoms with van der Waals surface area (Å²) in [5, 5.41) is 11.1. The van der Waals surface area contributed by atoms with Crippen LogP contribution in [0.15, 0.2) is 24.3 Å². The van der Waals surface area contributed by atoms with Crippen LogP contribution in [0, 0.1) is 5.41 Å². The first-order valence-electron chi connectivity index (χ1n) is 9.46. The molecule has 0 bridgehead atoms. The van der Waals surface area contributed by atoms with Crippen molar-refractivity contribution in [3.05, 3.63) is 24.3 Å². The van der Waals surface area contributed by atoms with E-state index < -0.39 is 17.9 Å². The van der Waals surface area contributed by atoms with E-state index in [1.807, 2.05) is 0 Å². The van der Waals surface area contributed by atoms with E-state index >= 15 is 0 Å². The molecule has 10 heteroatoms. The number of aliphatic hydroxyl groups excluding tert-OH is 1. The zero-order valence-electron chi connectivity index (χ0n) is 15.7. The Labute approximate surface area is 165 Å². The van der Waals surface area contributed by atoms with Gasteiger partial charge in [0.2, 0.25) is 5.91 Å². The third kappa shape index (κ3) is 5.11. The van der Waals surface area contributed by atoms with Crippen LogP contribution in [-0.2, 0) is 9.53 Å². The Bertz CT molecular complexity index is 730. The number of anilines is 1. The number of amides is 2. The van der Waals surface area contributed by atoms with E-state index in [1.54, 1.807) is 4.90 Å². The van der Waals surface area contributed by atoms with Crippen molar-refractivity contribution in [3.63, 3.8) is 0 Å². The molecule has 0 atom stereocenters. The first kappa shape index (κ1) is 21.2. The minimum atomic E-state index is -4.76. The van der Waals surface area contributed by atoms with E-state index in [0.29, 0.717) is 44.3 Å². The fourth-order valence-corrected chi connectivity index (χ4v) is 3.97. The standard InChI is InChI=1S/C19H23F3N2O5/c20-19(21,22)29-15-3-1-13(2-4-15)24-11-9-18(16(24)26)7-5-14(6-8-18)28-17(27)23-10-12-25/h1-4,14,25H,5-12H2,(H,23,27)/t14-,18-. The lowest BCUT2D eigenvalue weighted by Gasteiger charge is -2.35. The lowest BCUT2D eigenvalue weighted by atomic mass is 9.72. The lowest BCUT2D eigenvalue weighted by molar-refractivity contribution is -0.274. The van der Waals surface area contributed by atoms with Crippen LogP contribution in [-0.4, -0.2) is 49.3 Å². The number of aliphatic hydroxyl groups is 1. The maximum absolute atomic E-state index is 13.0. The van der Waals surface area contributed by atoms with Gasteiger partial charge in [0, 0.05) is 18.8 Å². The molecular weight excluding hydrogens is 393 g/mol. The second-order valence-corrected chi connectivity index (χ2v) is 7.28. The molecule has 1 saturated carbocycles. The van der Waals surface area contributed by atoms with E-state index in [4.69, 9.17) is 9.84 Å². The molecule has 1 saturated heterocycles. The first-order chi connectivity index (χ1) is 13.7. The Balaban J connectivity index is 1.57. The minimum absolute atomic E-state index is 0.0508. The van der Waals surface area contributed by atoms with Crippen molar-refractivity contribution in [3.8, 4) is 5.75 Å². The van der Waals surface area contributed by atoms with Gasteiger partial charge in [-0.2, -0.15) is 0 Å². The van der Waals surface area contributed by atoms with Crippen molar-refractivity contribution in [2.45, 2.75) is 44.6 Å². The molecule has 0 aromatic heterocycles. The number of rotatable bonds is 5. The van der Waals surface area contributed by atoms with E-state index in [2.05, 4.69) is 10.1 Å². The number of alkyl carbamates (subject to hydrolysis) is 1. The Hall–Kier alpha value is -2.49. The second-order valence-electron chi connectivity index (χ2n) is 7.28. The van der Waals surface area contributed by atoms with Crippen LogP contribution in [0.4, 0.5) is 23.7 Å². The van der Waals surface area contributed by atoms with Crippen molar-refractivity contribution in [1.82, 2.24) is 5.32 Å². The highest BCUT2D eigenvalue weighted by atomic mass is 19.4. The van der Waals surface area contributed by atoms with Crippen LogP contribution >= 0.6 is 0 Å². The molecule has 2 amide bonds. The van der Waals surface area contributed by atoms with Gasteiger partial charge >= 0.3 is 12.5 Å². The van der Waals surface area contributed by atoms with Crippen LogP contribution in [0.2, 0.25) is 0 Å². The summed E-state index contributed by atoms with van der Waals surface area (Å²) >= 11 is 0. The summed E-state index contributed by atoms with van der Waals surface area (Å²) in [4.78, 5) is 26.2. The summed E-state index contributed by atoms with van der Waals surface area (Å²) in [7, 11) is 0. The van der Waals surface area contributed by atoms with Gasteiger partial charge in [-0.25, -0.2) is 4.79 Å². The number of benzene rings is 1. The average molecular weight is 416 g/mol. The molecule has 1 aliphatic carbocycles. The molecule has 1 aromatic rings. The van der Waals surface area contributed by atoms with Crippen molar-refractivity contribution in [2.75, 3.05) is 24.6 Å². The summed E-state index contributed by atoms with van der Waals surface area (Å²) in [5.74, 6) is -0.384. The van der Waals surface area contributed by atoms with Crippen LogP contribution in [0.3, 0.4) is 0 Å². The Morgan fingerprint density at radius 3 is 2.45 bits per heavy atom. The summed E-state index contributed by atoms with van der Waals surface area (Å²) in [5.41, 5.74) is 0.00548. The fraction of sp³-hybridized carbons (Fsp3) is 0.579. The van der Waals surface area contributed by atoms with Gasteiger partial charge in [-0.05, 0) is 56.4 Å². The number of alkyl halides is 3. The van der Waals surface area contributed by atoms with Crippen molar-refractivity contribution in [1.29, 1.82) is 0 Å². The smallest absolute Gasteiger partial charge is 0.446 e. The Kier molecular flexibility index (Phi) is 6.21. The highest BCUT2D eigenvalue weighted by Crippen LogP contribution is 2.46. The van der Waals surface area contributed by atoms with Crippen molar-refractivity contribution >= 4 is 17.7 Å². The zero-order chi connectivity index (χ0) is 21.1. The van der Waals surface area contributed by atoms with Crippen LogP contribution in [0.5, 0.6) is 5.75 Å². The van der Waals surface area contributed by atoms with Crippen LogP contribution in [0.25, 0.3) is 0 Å². The molecule has 2 aliphatic rings. The number of halogens is 3. The van der Waals surface area contributed by atoms with Gasteiger partial charge in [0.1, 0.15) is 11.9 Å². The molecular formula is C19H23F3N2O5. The highest BCUT2D eigenvalue weighted by Gasteiger charge is 2.49. The molecule has 2 N–H and O–H groups in total. The number of carbonyl (C=O) groups is 2. The van der Waals surface area contributed by atoms with E-state index in [9.17, 15) is 22.8 Å². The van der Waals surface area contributed by atoms with E-state index in [0.717, 1.165) is 0 Å². The number of nitrogens with one attached hydrogen (secondary N) is 1. The summed E-state index contributed by atoms with van der Waals surface area (Å²) in [6, 6.07) is 5.27. The SMILES string of the molecule is O=C(NCCO)O[C@H]1CC[C@@]2(CCN(c3ccc(OC(F)(F)F)cc3)C2=O)CC1.